The topological polar surface area (TPSA) is 81.0 Å². The van der Waals surface area contributed by atoms with Gasteiger partial charge in [0, 0.05) is 49.1 Å². The van der Waals surface area contributed by atoms with Gasteiger partial charge in [-0.05, 0) is 12.1 Å². The smallest absolute Gasteiger partial charge is 0.240 e. The fraction of sp³-hybridized carbons (Fsp3) is 0.308. The highest BCUT2D eigenvalue weighted by Crippen LogP contribution is 2.30. The largest absolute Gasteiger partial charge is 0.388 e. The summed E-state index contributed by atoms with van der Waals surface area (Å²) in [5.74, 6) is 2.80. The second-order valence-electron chi connectivity index (χ2n) is 8.22. The van der Waals surface area contributed by atoms with Gasteiger partial charge in [0.15, 0.2) is 5.82 Å². The van der Waals surface area contributed by atoms with Gasteiger partial charge in [0.1, 0.15) is 5.82 Å². The normalized spacial score (nSPS) is 14.1. The molecule has 0 radical (unpaired) electrons. The minimum absolute atomic E-state index is 0.175. The standard InChI is InChI=1S/C26H31N7O/c1-6-8-10-19-17-33(24(28-19)18(3)4)26-30-23(21-11-9-12-22(27-5)20(21)7-2)29-25(31-26)32-13-15-34-16-14-32/h6-12,17-18,27H,1-2,13-16H2,3-5H3/b10-8-. The van der Waals surface area contributed by atoms with Crippen molar-refractivity contribution in [1.29, 1.82) is 0 Å². The van der Waals surface area contributed by atoms with Crippen LogP contribution in [0.3, 0.4) is 0 Å². The monoisotopic (exact) mass is 457 g/mol. The number of rotatable bonds is 8. The third kappa shape index (κ3) is 4.77. The number of allylic oxidation sites excluding steroid dienone is 2. The van der Waals surface area contributed by atoms with Crippen molar-refractivity contribution < 1.29 is 4.74 Å². The van der Waals surface area contributed by atoms with Gasteiger partial charge in [-0.3, -0.25) is 4.57 Å². The van der Waals surface area contributed by atoms with E-state index in [0.29, 0.717) is 30.9 Å². The van der Waals surface area contributed by atoms with Crippen molar-refractivity contribution in [2.45, 2.75) is 19.8 Å². The van der Waals surface area contributed by atoms with E-state index >= 15 is 0 Å². The summed E-state index contributed by atoms with van der Waals surface area (Å²) >= 11 is 0. The summed E-state index contributed by atoms with van der Waals surface area (Å²) in [6, 6.07) is 6.01. The Morgan fingerprint density at radius 1 is 1.06 bits per heavy atom. The molecule has 0 spiro atoms. The van der Waals surface area contributed by atoms with Crippen LogP contribution in [0.4, 0.5) is 11.6 Å². The molecule has 176 valence electrons. The van der Waals surface area contributed by atoms with Crippen LogP contribution in [0.5, 0.6) is 0 Å². The highest BCUT2D eigenvalue weighted by molar-refractivity contribution is 5.80. The van der Waals surface area contributed by atoms with Crippen molar-refractivity contribution >= 4 is 23.8 Å². The van der Waals surface area contributed by atoms with Gasteiger partial charge in [-0.25, -0.2) is 4.98 Å². The van der Waals surface area contributed by atoms with Crippen molar-refractivity contribution in [3.63, 3.8) is 0 Å². The van der Waals surface area contributed by atoms with Crippen LogP contribution >= 0.6 is 0 Å². The summed E-state index contributed by atoms with van der Waals surface area (Å²) < 4.78 is 7.50. The number of hydrogen-bond acceptors (Lipinski definition) is 7. The highest BCUT2D eigenvalue weighted by Gasteiger charge is 2.21. The number of ether oxygens (including phenoxy) is 1. The maximum atomic E-state index is 5.54. The molecule has 1 aliphatic rings. The van der Waals surface area contributed by atoms with E-state index in [1.54, 1.807) is 6.08 Å². The van der Waals surface area contributed by atoms with Gasteiger partial charge >= 0.3 is 0 Å². The van der Waals surface area contributed by atoms with Crippen LogP contribution in [0.1, 0.15) is 36.8 Å². The molecule has 34 heavy (non-hydrogen) atoms. The van der Waals surface area contributed by atoms with Crippen molar-refractivity contribution in [1.82, 2.24) is 24.5 Å². The Kier molecular flexibility index (Phi) is 7.18. The van der Waals surface area contributed by atoms with Crippen molar-refractivity contribution in [2.24, 2.45) is 0 Å². The van der Waals surface area contributed by atoms with E-state index in [4.69, 9.17) is 24.7 Å². The second kappa shape index (κ2) is 10.4. The lowest BCUT2D eigenvalue weighted by Gasteiger charge is -2.27. The number of nitrogens with zero attached hydrogens (tertiary/aromatic N) is 6. The first-order chi connectivity index (χ1) is 16.5. The van der Waals surface area contributed by atoms with Crippen LogP contribution < -0.4 is 10.2 Å². The zero-order valence-corrected chi connectivity index (χ0v) is 20.0. The van der Waals surface area contributed by atoms with Crippen molar-refractivity contribution in [2.75, 3.05) is 43.6 Å². The van der Waals surface area contributed by atoms with Crippen LogP contribution in [-0.2, 0) is 4.74 Å². The second-order valence-corrected chi connectivity index (χ2v) is 8.22. The molecule has 8 nitrogen and oxygen atoms in total. The summed E-state index contributed by atoms with van der Waals surface area (Å²) in [5.41, 5.74) is 3.62. The third-order valence-corrected chi connectivity index (χ3v) is 5.61. The van der Waals surface area contributed by atoms with E-state index in [1.165, 1.54) is 0 Å². The molecular weight excluding hydrogens is 426 g/mol. The van der Waals surface area contributed by atoms with Gasteiger partial charge < -0.3 is 15.0 Å². The molecule has 4 rings (SSSR count). The van der Waals surface area contributed by atoms with Gasteiger partial charge in [0.2, 0.25) is 11.9 Å². The lowest BCUT2D eigenvalue weighted by Crippen LogP contribution is -2.37. The fourth-order valence-electron chi connectivity index (χ4n) is 3.91. The van der Waals surface area contributed by atoms with Gasteiger partial charge in [-0.1, -0.05) is 57.4 Å². The van der Waals surface area contributed by atoms with Crippen LogP contribution in [0.2, 0.25) is 0 Å². The minimum Gasteiger partial charge on any atom is -0.388 e. The molecule has 0 aliphatic carbocycles. The highest BCUT2D eigenvalue weighted by atomic mass is 16.5. The van der Waals surface area contributed by atoms with Crippen molar-refractivity contribution in [3.8, 4) is 17.3 Å². The average Bonchev–Trinajstić information content (AvgIpc) is 3.32. The molecule has 1 fully saturated rings. The summed E-state index contributed by atoms with van der Waals surface area (Å²) in [4.78, 5) is 21.6. The lowest BCUT2D eigenvalue weighted by atomic mass is 10.0. The lowest BCUT2D eigenvalue weighted by molar-refractivity contribution is 0.122. The molecule has 1 aromatic carbocycles. The number of anilines is 2. The van der Waals surface area contributed by atoms with Gasteiger partial charge in [-0.2, -0.15) is 15.0 Å². The van der Waals surface area contributed by atoms with Crippen molar-refractivity contribution in [3.05, 3.63) is 66.8 Å². The first-order valence-corrected chi connectivity index (χ1v) is 11.5. The SMILES string of the molecule is C=C/C=C\c1cn(-c2nc(-c3cccc(NC)c3C=C)nc(N3CCOCC3)n2)c(C(C)C)n1. The van der Waals surface area contributed by atoms with Crippen LogP contribution in [0.15, 0.2) is 49.7 Å². The molecule has 2 aromatic heterocycles. The minimum atomic E-state index is 0.175. The van der Waals surface area contributed by atoms with E-state index in [2.05, 4.69) is 37.2 Å². The Hall–Kier alpha value is -3.78. The predicted molar refractivity (Wildman–Crippen MR) is 138 cm³/mol. The number of hydrogen-bond donors (Lipinski definition) is 1. The average molecular weight is 458 g/mol. The van der Waals surface area contributed by atoms with E-state index in [-0.39, 0.29) is 5.92 Å². The van der Waals surface area contributed by atoms with Gasteiger partial charge in [0.25, 0.3) is 0 Å². The maximum Gasteiger partial charge on any atom is 0.240 e. The maximum absolute atomic E-state index is 5.54. The number of benzene rings is 1. The number of imidazole rings is 1. The van der Waals surface area contributed by atoms with Crippen LogP contribution in [0.25, 0.3) is 29.5 Å². The molecule has 1 N–H and O–H groups in total. The number of morpholine rings is 1. The number of aromatic nitrogens is 5. The molecule has 8 heteroatoms. The molecule has 0 amide bonds. The molecule has 3 heterocycles. The van der Waals surface area contributed by atoms with Crippen LogP contribution in [0, 0.1) is 0 Å². The molecule has 0 saturated carbocycles. The summed E-state index contributed by atoms with van der Waals surface area (Å²) in [5, 5.41) is 3.23. The molecule has 0 unspecified atom stereocenters. The molecule has 0 atom stereocenters. The first-order valence-electron chi connectivity index (χ1n) is 11.5. The fourth-order valence-corrected chi connectivity index (χ4v) is 3.91. The quantitative estimate of drug-likeness (QED) is 0.496. The third-order valence-electron chi connectivity index (χ3n) is 5.61. The molecule has 3 aromatic rings. The summed E-state index contributed by atoms with van der Waals surface area (Å²) in [6.45, 7) is 14.7. The molecular formula is C26H31N7O. The molecule has 0 bridgehead atoms. The zero-order chi connectivity index (χ0) is 24.1. The number of nitrogens with one attached hydrogen (secondary N) is 1. The summed E-state index contributed by atoms with van der Waals surface area (Å²) in [6.07, 6.45) is 9.31. The predicted octanol–water partition coefficient (Wildman–Crippen LogP) is 4.57. The van der Waals surface area contributed by atoms with E-state index < -0.39 is 0 Å². The Labute approximate surface area is 200 Å². The van der Waals surface area contributed by atoms with E-state index in [9.17, 15) is 0 Å². The van der Waals surface area contributed by atoms with Gasteiger partial charge in [0.05, 0.1) is 18.9 Å². The molecule has 1 aliphatic heterocycles. The Morgan fingerprint density at radius 2 is 1.82 bits per heavy atom. The summed E-state index contributed by atoms with van der Waals surface area (Å²) in [7, 11) is 1.89. The van der Waals surface area contributed by atoms with E-state index in [1.807, 2.05) is 54.2 Å². The Bertz CT molecular complexity index is 1210. The van der Waals surface area contributed by atoms with E-state index in [0.717, 1.165) is 41.4 Å². The van der Waals surface area contributed by atoms with Crippen LogP contribution in [-0.4, -0.2) is 57.9 Å². The molecule has 1 saturated heterocycles. The zero-order valence-electron chi connectivity index (χ0n) is 20.0. The Balaban J connectivity index is 1.93. The van der Waals surface area contributed by atoms with Gasteiger partial charge in [-0.15, -0.1) is 0 Å². The first kappa shape index (κ1) is 23.4. The Morgan fingerprint density at radius 3 is 2.50 bits per heavy atom.